The molecule has 0 radical (unpaired) electrons. The number of rotatable bonds is 5. The quantitative estimate of drug-likeness (QED) is 0.362. The van der Waals surface area contributed by atoms with Gasteiger partial charge >= 0.3 is 12.1 Å². The van der Waals surface area contributed by atoms with Gasteiger partial charge < -0.3 is 9.47 Å². The number of ketones is 1. The minimum absolute atomic E-state index is 0.0955. The first-order chi connectivity index (χ1) is 15.3. The topological polar surface area (TPSA) is 52.6 Å². The molecule has 32 heavy (non-hydrogen) atoms. The number of carbonyl (C=O) groups is 2. The highest BCUT2D eigenvalue weighted by Crippen LogP contribution is 2.40. The number of halogens is 3. The van der Waals surface area contributed by atoms with Crippen LogP contribution >= 0.6 is 0 Å². The van der Waals surface area contributed by atoms with Crippen LogP contribution in [0, 0.1) is 5.92 Å². The van der Waals surface area contributed by atoms with E-state index in [1.165, 1.54) is 0 Å². The average molecular weight is 442 g/mol. The van der Waals surface area contributed by atoms with E-state index < -0.39 is 42.7 Å². The number of ether oxygens (including phenoxy) is 2. The van der Waals surface area contributed by atoms with E-state index in [-0.39, 0.29) is 18.4 Å². The Morgan fingerprint density at radius 1 is 0.906 bits per heavy atom. The highest BCUT2D eigenvalue weighted by atomic mass is 19.4. The number of Topliss-reactive ketones (excluding diaryl/α,β-unsaturated/α-hetero) is 1. The summed E-state index contributed by atoms with van der Waals surface area (Å²) in [7, 11) is 0. The van der Waals surface area contributed by atoms with Gasteiger partial charge in [0.25, 0.3) is 0 Å². The summed E-state index contributed by atoms with van der Waals surface area (Å²) in [5.41, 5.74) is 0.619. The zero-order valence-corrected chi connectivity index (χ0v) is 17.0. The van der Waals surface area contributed by atoms with E-state index in [2.05, 4.69) is 0 Å². The first kappa shape index (κ1) is 22.0. The lowest BCUT2D eigenvalue weighted by molar-refractivity contribution is -0.259. The minimum atomic E-state index is -4.53. The van der Waals surface area contributed by atoms with Crippen molar-refractivity contribution in [2.24, 2.45) is 5.92 Å². The van der Waals surface area contributed by atoms with Crippen LogP contribution in [0.25, 0.3) is 10.8 Å². The van der Waals surface area contributed by atoms with E-state index in [0.29, 0.717) is 10.9 Å². The molecule has 0 spiro atoms. The van der Waals surface area contributed by atoms with Crippen molar-refractivity contribution in [3.63, 3.8) is 0 Å². The van der Waals surface area contributed by atoms with Crippen LogP contribution in [0.5, 0.6) is 0 Å². The van der Waals surface area contributed by atoms with E-state index >= 15 is 0 Å². The van der Waals surface area contributed by atoms with Crippen molar-refractivity contribution in [2.45, 2.75) is 37.8 Å². The van der Waals surface area contributed by atoms with Crippen LogP contribution in [-0.4, -0.2) is 30.3 Å². The van der Waals surface area contributed by atoms with Crippen molar-refractivity contribution in [3.05, 3.63) is 83.9 Å². The van der Waals surface area contributed by atoms with Gasteiger partial charge in [-0.2, -0.15) is 13.2 Å². The van der Waals surface area contributed by atoms with Crippen molar-refractivity contribution >= 4 is 22.5 Å². The fraction of sp³-hybridized carbons (Fsp3) is 0.280. The lowest BCUT2D eigenvalue weighted by Gasteiger charge is -2.36. The third-order valence-corrected chi connectivity index (χ3v) is 5.63. The first-order valence-electron chi connectivity index (χ1n) is 10.3. The molecule has 3 atom stereocenters. The van der Waals surface area contributed by atoms with Crippen molar-refractivity contribution < 1.29 is 32.2 Å². The van der Waals surface area contributed by atoms with Gasteiger partial charge in [0.2, 0.25) is 6.29 Å². The second-order valence-electron chi connectivity index (χ2n) is 7.75. The molecule has 4 nitrogen and oxygen atoms in total. The Bertz CT molecular complexity index is 1110. The van der Waals surface area contributed by atoms with Gasteiger partial charge in [0, 0.05) is 18.4 Å². The van der Waals surface area contributed by atoms with Crippen LogP contribution in [0.2, 0.25) is 0 Å². The van der Waals surface area contributed by atoms with Gasteiger partial charge in [-0.25, -0.2) is 4.79 Å². The summed E-state index contributed by atoms with van der Waals surface area (Å²) in [4.78, 5) is 25.3. The second kappa shape index (κ2) is 9.12. The molecule has 0 amide bonds. The Balaban J connectivity index is 1.53. The molecule has 1 fully saturated rings. The molecule has 7 heteroatoms. The molecule has 1 aliphatic heterocycles. The molecule has 1 heterocycles. The Morgan fingerprint density at radius 2 is 1.59 bits per heavy atom. The van der Waals surface area contributed by atoms with Crippen LogP contribution in [-0.2, 0) is 9.47 Å². The molecule has 1 saturated heterocycles. The number of alkyl halides is 3. The Labute approximate surface area is 182 Å². The van der Waals surface area contributed by atoms with Gasteiger partial charge in [0.05, 0.1) is 17.6 Å². The van der Waals surface area contributed by atoms with Gasteiger partial charge in [0.1, 0.15) is 0 Å². The summed E-state index contributed by atoms with van der Waals surface area (Å²) < 4.78 is 51.8. The molecule has 3 aromatic rings. The molecule has 0 aromatic heterocycles. The Kier molecular flexibility index (Phi) is 6.28. The molecule has 4 rings (SSSR count). The van der Waals surface area contributed by atoms with E-state index in [0.717, 1.165) is 5.39 Å². The van der Waals surface area contributed by atoms with Crippen molar-refractivity contribution in [3.8, 4) is 0 Å². The molecule has 3 unspecified atom stereocenters. The van der Waals surface area contributed by atoms with Crippen LogP contribution in [0.4, 0.5) is 13.2 Å². The number of hydrogen-bond acceptors (Lipinski definition) is 4. The van der Waals surface area contributed by atoms with E-state index in [9.17, 15) is 22.8 Å². The van der Waals surface area contributed by atoms with Crippen molar-refractivity contribution in [2.75, 3.05) is 0 Å². The fourth-order valence-electron chi connectivity index (χ4n) is 4.03. The normalized spacial score (nSPS) is 21.3. The maximum atomic E-state index is 13.7. The summed E-state index contributed by atoms with van der Waals surface area (Å²) in [5.74, 6) is -2.94. The Morgan fingerprint density at radius 3 is 2.34 bits per heavy atom. The summed E-state index contributed by atoms with van der Waals surface area (Å²) >= 11 is 0. The predicted molar refractivity (Wildman–Crippen MR) is 112 cm³/mol. The molecule has 0 N–H and O–H groups in total. The fourth-order valence-corrected chi connectivity index (χ4v) is 4.03. The molecular weight excluding hydrogens is 421 g/mol. The number of benzene rings is 3. The molecule has 0 bridgehead atoms. The highest BCUT2D eigenvalue weighted by Gasteiger charge is 2.49. The molecule has 3 aromatic carbocycles. The summed E-state index contributed by atoms with van der Waals surface area (Å²) in [6.45, 7) is 0. The molecule has 166 valence electrons. The minimum Gasteiger partial charge on any atom is -0.432 e. The maximum absolute atomic E-state index is 13.7. The lowest BCUT2D eigenvalue weighted by atomic mass is 9.88. The number of hydrogen-bond donors (Lipinski definition) is 0. The summed E-state index contributed by atoms with van der Waals surface area (Å²) in [6, 6.07) is 20.5. The third kappa shape index (κ3) is 4.83. The van der Waals surface area contributed by atoms with Crippen LogP contribution in [0.1, 0.15) is 40.0 Å². The van der Waals surface area contributed by atoms with Crippen LogP contribution in [0.15, 0.2) is 72.8 Å². The average Bonchev–Trinajstić information content (AvgIpc) is 2.78. The van der Waals surface area contributed by atoms with Gasteiger partial charge in [0.15, 0.2) is 5.78 Å². The number of fused-ring (bicyclic) bond motifs is 1. The first-order valence-corrected chi connectivity index (χ1v) is 10.3. The standard InChI is InChI=1S/C25H21F3O4/c26-25(27,28)20-13-14-23(32-24(30)17-8-2-1-3-9-17)31-22(20)15-21(29)19-12-6-10-16-7-4-5-11-18(16)19/h1-12,20,22-23H,13-15H2. The van der Waals surface area contributed by atoms with Crippen molar-refractivity contribution in [1.82, 2.24) is 0 Å². The smallest absolute Gasteiger partial charge is 0.394 e. The van der Waals surface area contributed by atoms with E-state index in [1.54, 1.807) is 54.6 Å². The summed E-state index contributed by atoms with van der Waals surface area (Å²) in [5, 5.41) is 1.50. The van der Waals surface area contributed by atoms with Gasteiger partial charge in [-0.1, -0.05) is 60.7 Å². The highest BCUT2D eigenvalue weighted by molar-refractivity contribution is 6.08. The largest absolute Gasteiger partial charge is 0.432 e. The lowest BCUT2D eigenvalue weighted by Crippen LogP contribution is -2.45. The third-order valence-electron chi connectivity index (χ3n) is 5.63. The van der Waals surface area contributed by atoms with Crippen LogP contribution in [0.3, 0.4) is 0 Å². The van der Waals surface area contributed by atoms with Gasteiger partial charge in [-0.3, -0.25) is 4.79 Å². The molecule has 0 aliphatic carbocycles. The van der Waals surface area contributed by atoms with E-state index in [1.807, 2.05) is 18.2 Å². The number of esters is 1. The maximum Gasteiger partial charge on any atom is 0.394 e. The van der Waals surface area contributed by atoms with E-state index in [4.69, 9.17) is 9.47 Å². The van der Waals surface area contributed by atoms with Crippen molar-refractivity contribution in [1.29, 1.82) is 0 Å². The summed E-state index contributed by atoms with van der Waals surface area (Å²) in [6.07, 6.45) is -7.96. The molecule has 1 aliphatic rings. The number of carbonyl (C=O) groups excluding carboxylic acids is 2. The predicted octanol–water partition coefficient (Wildman–Crippen LogP) is 5.95. The monoisotopic (exact) mass is 442 g/mol. The zero-order chi connectivity index (χ0) is 22.7. The second-order valence-corrected chi connectivity index (χ2v) is 7.75. The zero-order valence-electron chi connectivity index (χ0n) is 17.0. The van der Waals surface area contributed by atoms with Crippen LogP contribution < -0.4 is 0 Å². The SMILES string of the molecule is O=C(OC1CCC(C(F)(F)F)C(CC(=O)c2cccc3ccccc23)O1)c1ccccc1. The molecular formula is C25H21F3O4. The Hall–Kier alpha value is -3.19. The van der Waals surface area contributed by atoms with Gasteiger partial charge in [-0.05, 0) is 29.3 Å². The van der Waals surface area contributed by atoms with Gasteiger partial charge in [-0.15, -0.1) is 0 Å². The molecule has 0 saturated carbocycles.